The zero-order valence-corrected chi connectivity index (χ0v) is 16.1. The van der Waals surface area contributed by atoms with Crippen LogP contribution in [0.15, 0.2) is 48.5 Å². The maximum absolute atomic E-state index is 12.7. The molecule has 0 atom stereocenters. The first kappa shape index (κ1) is 18.6. The average molecular weight is 360 g/mol. The van der Waals surface area contributed by atoms with Gasteiger partial charge in [0.2, 0.25) is 5.95 Å². The zero-order chi connectivity index (χ0) is 19.4. The molecule has 1 aromatic heterocycles. The van der Waals surface area contributed by atoms with E-state index in [1.807, 2.05) is 57.2 Å². The highest BCUT2D eigenvalue weighted by atomic mass is 16.1. The van der Waals surface area contributed by atoms with Crippen LogP contribution in [0.2, 0.25) is 0 Å². The SMILES string of the molecule is CCc1ccccc1NC(=O)c1cc(C)nc(Nc2cc(C)ccc2C)n1. The standard InChI is InChI=1S/C22H24N4O/c1-5-17-8-6-7-9-18(17)24-21(27)20-13-16(4)23-22(26-20)25-19-12-14(2)10-11-15(19)3/h6-13H,5H2,1-4H3,(H,24,27)(H,23,25,26). The van der Waals surface area contributed by atoms with E-state index in [0.717, 1.165) is 40.2 Å². The molecule has 5 nitrogen and oxygen atoms in total. The summed E-state index contributed by atoms with van der Waals surface area (Å²) in [5, 5.41) is 6.19. The van der Waals surface area contributed by atoms with E-state index in [-0.39, 0.29) is 5.91 Å². The number of nitrogens with one attached hydrogen (secondary N) is 2. The molecular weight excluding hydrogens is 336 g/mol. The summed E-state index contributed by atoms with van der Waals surface area (Å²) in [5.74, 6) is 0.169. The molecule has 0 unspecified atom stereocenters. The van der Waals surface area contributed by atoms with E-state index in [2.05, 4.69) is 33.6 Å². The van der Waals surface area contributed by atoms with Crippen LogP contribution in [0.3, 0.4) is 0 Å². The molecule has 0 aliphatic rings. The van der Waals surface area contributed by atoms with Crippen LogP contribution in [-0.2, 0) is 6.42 Å². The van der Waals surface area contributed by atoms with E-state index in [9.17, 15) is 4.79 Å². The Labute approximate surface area is 159 Å². The molecule has 138 valence electrons. The first-order valence-electron chi connectivity index (χ1n) is 9.05. The number of anilines is 3. The minimum atomic E-state index is -0.245. The second-order valence-corrected chi connectivity index (χ2v) is 6.63. The van der Waals surface area contributed by atoms with Crippen LogP contribution in [0.5, 0.6) is 0 Å². The molecule has 0 saturated heterocycles. The summed E-state index contributed by atoms with van der Waals surface area (Å²) in [7, 11) is 0. The molecule has 0 spiro atoms. The van der Waals surface area contributed by atoms with Gasteiger partial charge in [-0.1, -0.05) is 37.3 Å². The van der Waals surface area contributed by atoms with Gasteiger partial charge in [-0.05, 0) is 62.1 Å². The van der Waals surface area contributed by atoms with Gasteiger partial charge in [-0.2, -0.15) is 0 Å². The van der Waals surface area contributed by atoms with Gasteiger partial charge >= 0.3 is 0 Å². The molecule has 0 fully saturated rings. The van der Waals surface area contributed by atoms with Crippen LogP contribution >= 0.6 is 0 Å². The fraction of sp³-hybridized carbons (Fsp3) is 0.227. The van der Waals surface area contributed by atoms with Crippen molar-refractivity contribution in [1.29, 1.82) is 0 Å². The Morgan fingerprint density at radius 3 is 2.52 bits per heavy atom. The third-order valence-corrected chi connectivity index (χ3v) is 4.37. The van der Waals surface area contributed by atoms with Gasteiger partial charge < -0.3 is 10.6 Å². The zero-order valence-electron chi connectivity index (χ0n) is 16.1. The summed E-state index contributed by atoms with van der Waals surface area (Å²) < 4.78 is 0. The highest BCUT2D eigenvalue weighted by molar-refractivity contribution is 6.03. The average Bonchev–Trinajstić information content (AvgIpc) is 2.64. The second-order valence-electron chi connectivity index (χ2n) is 6.63. The lowest BCUT2D eigenvalue weighted by atomic mass is 10.1. The highest BCUT2D eigenvalue weighted by Gasteiger charge is 2.13. The van der Waals surface area contributed by atoms with Crippen molar-refractivity contribution < 1.29 is 4.79 Å². The van der Waals surface area contributed by atoms with Gasteiger partial charge in [0.15, 0.2) is 0 Å². The molecule has 0 aliphatic heterocycles. The summed E-state index contributed by atoms with van der Waals surface area (Å²) in [4.78, 5) is 21.6. The van der Waals surface area contributed by atoms with E-state index in [1.54, 1.807) is 6.07 Å². The predicted molar refractivity (Wildman–Crippen MR) is 110 cm³/mol. The number of carbonyl (C=O) groups is 1. The van der Waals surface area contributed by atoms with Crippen LogP contribution in [0.1, 0.15) is 39.8 Å². The summed E-state index contributed by atoms with van der Waals surface area (Å²) in [5.41, 5.74) is 6.13. The molecular formula is C22H24N4O. The molecule has 0 aliphatic carbocycles. The molecule has 2 N–H and O–H groups in total. The molecule has 0 saturated carbocycles. The predicted octanol–water partition coefficient (Wildman–Crippen LogP) is 4.96. The van der Waals surface area contributed by atoms with Crippen molar-refractivity contribution in [3.05, 3.63) is 76.6 Å². The van der Waals surface area contributed by atoms with Gasteiger partial charge in [-0.25, -0.2) is 9.97 Å². The van der Waals surface area contributed by atoms with Crippen molar-refractivity contribution in [1.82, 2.24) is 9.97 Å². The molecule has 3 aromatic rings. The van der Waals surface area contributed by atoms with Gasteiger partial charge in [-0.15, -0.1) is 0 Å². The Bertz CT molecular complexity index is 982. The third kappa shape index (κ3) is 4.50. The van der Waals surface area contributed by atoms with Gasteiger partial charge in [0.25, 0.3) is 5.91 Å². The molecule has 0 bridgehead atoms. The molecule has 5 heteroatoms. The van der Waals surface area contributed by atoms with E-state index in [0.29, 0.717) is 11.6 Å². The van der Waals surface area contributed by atoms with Crippen molar-refractivity contribution in [3.63, 3.8) is 0 Å². The minimum absolute atomic E-state index is 0.245. The maximum Gasteiger partial charge on any atom is 0.274 e. The number of rotatable bonds is 5. The monoisotopic (exact) mass is 360 g/mol. The van der Waals surface area contributed by atoms with Crippen LogP contribution in [0, 0.1) is 20.8 Å². The summed E-state index contributed by atoms with van der Waals surface area (Å²) in [6.07, 6.45) is 0.846. The summed E-state index contributed by atoms with van der Waals surface area (Å²) in [6.45, 7) is 7.97. The Morgan fingerprint density at radius 2 is 1.74 bits per heavy atom. The first-order valence-corrected chi connectivity index (χ1v) is 9.05. The normalized spacial score (nSPS) is 10.5. The third-order valence-electron chi connectivity index (χ3n) is 4.37. The Hall–Kier alpha value is -3.21. The fourth-order valence-corrected chi connectivity index (χ4v) is 2.87. The number of carbonyl (C=O) groups excluding carboxylic acids is 1. The summed E-state index contributed by atoms with van der Waals surface area (Å²) >= 11 is 0. The number of para-hydroxylation sites is 1. The number of aromatic nitrogens is 2. The molecule has 0 radical (unpaired) electrons. The number of nitrogens with zero attached hydrogens (tertiary/aromatic N) is 2. The van der Waals surface area contributed by atoms with Crippen LogP contribution in [0.4, 0.5) is 17.3 Å². The van der Waals surface area contributed by atoms with E-state index >= 15 is 0 Å². The van der Waals surface area contributed by atoms with Crippen LogP contribution < -0.4 is 10.6 Å². The van der Waals surface area contributed by atoms with Gasteiger partial charge in [0.1, 0.15) is 5.69 Å². The molecule has 27 heavy (non-hydrogen) atoms. The van der Waals surface area contributed by atoms with Crippen molar-refractivity contribution in [2.45, 2.75) is 34.1 Å². The van der Waals surface area contributed by atoms with Crippen molar-refractivity contribution in [2.75, 3.05) is 10.6 Å². The Kier molecular flexibility index (Phi) is 5.50. The van der Waals surface area contributed by atoms with E-state index in [4.69, 9.17) is 0 Å². The largest absolute Gasteiger partial charge is 0.324 e. The van der Waals surface area contributed by atoms with Crippen LogP contribution in [0.25, 0.3) is 0 Å². The second kappa shape index (κ2) is 7.99. The molecule has 3 rings (SSSR count). The molecule has 1 amide bonds. The Balaban J connectivity index is 1.86. The van der Waals surface area contributed by atoms with Crippen molar-refractivity contribution >= 4 is 23.2 Å². The lowest BCUT2D eigenvalue weighted by Crippen LogP contribution is -2.16. The molecule has 1 heterocycles. The molecule has 2 aromatic carbocycles. The summed E-state index contributed by atoms with van der Waals surface area (Å²) in [6, 6.07) is 15.6. The van der Waals surface area contributed by atoms with Crippen molar-refractivity contribution in [2.24, 2.45) is 0 Å². The fourth-order valence-electron chi connectivity index (χ4n) is 2.87. The van der Waals surface area contributed by atoms with E-state index < -0.39 is 0 Å². The number of hydrogen-bond acceptors (Lipinski definition) is 4. The smallest absolute Gasteiger partial charge is 0.274 e. The Morgan fingerprint density at radius 1 is 0.963 bits per heavy atom. The van der Waals surface area contributed by atoms with Gasteiger partial charge in [0.05, 0.1) is 0 Å². The number of hydrogen-bond donors (Lipinski definition) is 2. The number of benzene rings is 2. The van der Waals surface area contributed by atoms with Gasteiger partial charge in [-0.3, -0.25) is 4.79 Å². The maximum atomic E-state index is 12.7. The number of amides is 1. The van der Waals surface area contributed by atoms with Crippen molar-refractivity contribution in [3.8, 4) is 0 Å². The lowest BCUT2D eigenvalue weighted by molar-refractivity contribution is 0.102. The lowest BCUT2D eigenvalue weighted by Gasteiger charge is -2.12. The minimum Gasteiger partial charge on any atom is -0.324 e. The highest BCUT2D eigenvalue weighted by Crippen LogP contribution is 2.21. The van der Waals surface area contributed by atoms with Gasteiger partial charge in [0, 0.05) is 17.1 Å². The quantitative estimate of drug-likeness (QED) is 0.675. The first-order chi connectivity index (χ1) is 13.0. The van der Waals surface area contributed by atoms with Crippen LogP contribution in [-0.4, -0.2) is 15.9 Å². The van der Waals surface area contributed by atoms with E-state index in [1.165, 1.54) is 0 Å². The topological polar surface area (TPSA) is 66.9 Å². The number of aryl methyl sites for hydroxylation is 4.